The normalized spacial score (nSPS) is 19.4. The number of aromatic amines is 1. The molecule has 2 atom stereocenters. The molecule has 0 spiro atoms. The summed E-state index contributed by atoms with van der Waals surface area (Å²) in [6.45, 7) is 0.596. The number of hydrogen-bond donors (Lipinski definition) is 1. The number of pyridine rings is 1. The van der Waals surface area contributed by atoms with Gasteiger partial charge in [-0.05, 0) is 68.0 Å². The third-order valence-electron chi connectivity index (χ3n) is 7.96. The molecular formula is C29H25F2N7O. The number of carbonyl (C=O) groups is 1. The lowest BCUT2D eigenvalue weighted by Crippen LogP contribution is -2.46. The molecule has 1 amide bonds. The minimum atomic E-state index is -0.402. The smallest absolute Gasteiger partial charge is 0.254 e. The van der Waals surface area contributed by atoms with Crippen LogP contribution in [0.15, 0.2) is 61.1 Å². The standard InChI is InChI=1S/C29H25F2N7O/c30-18-9-8-17-10-11-37(29(39)22(17)12-18)19-4-3-5-20(13-19)38-26-14-24(27-33-16-34-36-27)32-15-25(26)35-28(38)21-6-1-2-7-23(21)31/h1-2,6-9,12,14-16,19-20H,3-5,10-11,13H2,(H,33,34,36)/t19?,20-/m1/s1. The summed E-state index contributed by atoms with van der Waals surface area (Å²) < 4.78 is 31.1. The van der Waals surface area contributed by atoms with Crippen LogP contribution in [-0.4, -0.2) is 53.1 Å². The summed E-state index contributed by atoms with van der Waals surface area (Å²) in [5.41, 5.74) is 3.83. The Kier molecular flexibility index (Phi) is 5.68. The first-order valence-electron chi connectivity index (χ1n) is 13.1. The van der Waals surface area contributed by atoms with E-state index in [1.807, 2.05) is 11.0 Å². The van der Waals surface area contributed by atoms with Gasteiger partial charge in [0.15, 0.2) is 5.82 Å². The summed E-state index contributed by atoms with van der Waals surface area (Å²) in [6.07, 6.45) is 7.09. The van der Waals surface area contributed by atoms with Crippen molar-refractivity contribution in [1.29, 1.82) is 0 Å². The number of halogens is 2. The summed E-state index contributed by atoms with van der Waals surface area (Å²) in [5.74, 6) is 0.185. The zero-order valence-corrected chi connectivity index (χ0v) is 21.0. The van der Waals surface area contributed by atoms with Gasteiger partial charge in [-0.1, -0.05) is 18.2 Å². The van der Waals surface area contributed by atoms with E-state index in [9.17, 15) is 9.18 Å². The van der Waals surface area contributed by atoms with Gasteiger partial charge in [0, 0.05) is 24.2 Å². The zero-order chi connectivity index (χ0) is 26.5. The number of nitrogens with zero attached hydrogens (tertiary/aromatic N) is 6. The Hall–Kier alpha value is -4.47. The van der Waals surface area contributed by atoms with Crippen LogP contribution >= 0.6 is 0 Å². The van der Waals surface area contributed by atoms with Gasteiger partial charge in [0.1, 0.15) is 35.0 Å². The van der Waals surface area contributed by atoms with E-state index < -0.39 is 5.82 Å². The third-order valence-corrected chi connectivity index (χ3v) is 7.96. The van der Waals surface area contributed by atoms with Crippen molar-refractivity contribution in [2.45, 2.75) is 44.2 Å². The SMILES string of the molecule is O=C1c2cc(F)ccc2CCN1C1CCC[C@@H](n2c(-c3ccccc3F)nc3cnc(-c4ncn[nH]4)cc32)C1. The third kappa shape index (κ3) is 4.07. The highest BCUT2D eigenvalue weighted by Gasteiger charge is 2.35. The molecule has 0 saturated heterocycles. The molecule has 4 heterocycles. The Morgan fingerprint density at radius 3 is 2.69 bits per heavy atom. The maximum Gasteiger partial charge on any atom is 0.254 e. The number of hydrogen-bond acceptors (Lipinski definition) is 5. The van der Waals surface area contributed by atoms with Crippen LogP contribution in [0.2, 0.25) is 0 Å². The molecule has 1 saturated carbocycles. The minimum Gasteiger partial charge on any atom is -0.335 e. The maximum atomic E-state index is 15.1. The molecule has 0 radical (unpaired) electrons. The molecule has 1 fully saturated rings. The van der Waals surface area contributed by atoms with Crippen LogP contribution in [0.25, 0.3) is 33.9 Å². The van der Waals surface area contributed by atoms with Gasteiger partial charge in [0.2, 0.25) is 0 Å². The van der Waals surface area contributed by atoms with E-state index in [-0.39, 0.29) is 23.8 Å². The Morgan fingerprint density at radius 1 is 0.974 bits per heavy atom. The van der Waals surface area contributed by atoms with E-state index in [0.717, 1.165) is 30.3 Å². The molecule has 10 heteroatoms. The lowest BCUT2D eigenvalue weighted by atomic mass is 9.87. The van der Waals surface area contributed by atoms with E-state index in [1.165, 1.54) is 24.5 Å². The molecule has 39 heavy (non-hydrogen) atoms. The molecule has 0 bridgehead atoms. The number of H-pyrrole nitrogens is 1. The average molecular weight is 526 g/mol. The molecule has 196 valence electrons. The molecule has 1 aliphatic heterocycles. The fourth-order valence-electron chi connectivity index (χ4n) is 6.13. The van der Waals surface area contributed by atoms with Crippen molar-refractivity contribution in [2.24, 2.45) is 0 Å². The molecule has 8 nitrogen and oxygen atoms in total. The van der Waals surface area contributed by atoms with Gasteiger partial charge in [-0.15, -0.1) is 0 Å². The van der Waals surface area contributed by atoms with Crippen LogP contribution in [0.3, 0.4) is 0 Å². The van der Waals surface area contributed by atoms with Gasteiger partial charge in [0.05, 0.1) is 17.3 Å². The maximum absolute atomic E-state index is 15.1. The van der Waals surface area contributed by atoms with Crippen molar-refractivity contribution in [3.8, 4) is 22.9 Å². The number of benzene rings is 2. The van der Waals surface area contributed by atoms with Crippen molar-refractivity contribution in [1.82, 2.24) is 34.6 Å². The number of rotatable bonds is 4. The number of nitrogens with one attached hydrogen (secondary N) is 1. The first kappa shape index (κ1) is 23.6. The lowest BCUT2D eigenvalue weighted by Gasteiger charge is -2.40. The number of imidazole rings is 1. The van der Waals surface area contributed by atoms with Gasteiger partial charge in [-0.2, -0.15) is 5.10 Å². The molecule has 2 aromatic carbocycles. The van der Waals surface area contributed by atoms with Crippen LogP contribution in [-0.2, 0) is 6.42 Å². The summed E-state index contributed by atoms with van der Waals surface area (Å²) in [6, 6.07) is 13.0. The predicted molar refractivity (Wildman–Crippen MR) is 141 cm³/mol. The van der Waals surface area contributed by atoms with Crippen molar-refractivity contribution >= 4 is 16.9 Å². The molecule has 2 aliphatic rings. The van der Waals surface area contributed by atoms with Crippen molar-refractivity contribution < 1.29 is 13.6 Å². The van der Waals surface area contributed by atoms with E-state index in [1.54, 1.807) is 30.5 Å². The number of amides is 1. The van der Waals surface area contributed by atoms with Crippen LogP contribution in [0.5, 0.6) is 0 Å². The molecule has 1 aliphatic carbocycles. The average Bonchev–Trinajstić information content (AvgIpc) is 3.62. The van der Waals surface area contributed by atoms with E-state index in [2.05, 4.69) is 24.7 Å². The monoisotopic (exact) mass is 525 g/mol. The highest BCUT2D eigenvalue weighted by molar-refractivity contribution is 5.97. The second-order valence-corrected chi connectivity index (χ2v) is 10.2. The Labute approximate surface area is 222 Å². The number of aromatic nitrogens is 6. The van der Waals surface area contributed by atoms with Crippen molar-refractivity contribution in [2.75, 3.05) is 6.54 Å². The van der Waals surface area contributed by atoms with Crippen LogP contribution in [0, 0.1) is 11.6 Å². The van der Waals surface area contributed by atoms with Crippen LogP contribution in [0.1, 0.15) is 47.6 Å². The minimum absolute atomic E-state index is 0.0193. The molecule has 5 aromatic rings. The molecule has 1 N–H and O–H groups in total. The quantitative estimate of drug-likeness (QED) is 0.342. The van der Waals surface area contributed by atoms with E-state index in [0.29, 0.717) is 53.4 Å². The Bertz CT molecular complexity index is 1700. The van der Waals surface area contributed by atoms with Gasteiger partial charge in [-0.25, -0.2) is 18.7 Å². The molecule has 1 unspecified atom stereocenters. The summed E-state index contributed by atoms with van der Waals surface area (Å²) in [7, 11) is 0. The second kappa shape index (κ2) is 9.37. The van der Waals surface area contributed by atoms with Crippen molar-refractivity contribution in [3.05, 3.63) is 83.8 Å². The van der Waals surface area contributed by atoms with E-state index >= 15 is 4.39 Å². The van der Waals surface area contributed by atoms with Gasteiger partial charge in [-0.3, -0.25) is 14.9 Å². The van der Waals surface area contributed by atoms with Crippen LogP contribution < -0.4 is 0 Å². The molecule has 3 aromatic heterocycles. The first-order valence-corrected chi connectivity index (χ1v) is 13.1. The largest absolute Gasteiger partial charge is 0.335 e. The number of fused-ring (bicyclic) bond motifs is 2. The predicted octanol–water partition coefficient (Wildman–Crippen LogP) is 5.34. The fraction of sp³-hybridized carbons (Fsp3) is 0.276. The van der Waals surface area contributed by atoms with E-state index in [4.69, 9.17) is 4.98 Å². The molecular weight excluding hydrogens is 500 g/mol. The summed E-state index contributed by atoms with van der Waals surface area (Å²) >= 11 is 0. The van der Waals surface area contributed by atoms with Gasteiger partial charge >= 0.3 is 0 Å². The zero-order valence-electron chi connectivity index (χ0n) is 21.0. The van der Waals surface area contributed by atoms with Gasteiger partial charge in [0.25, 0.3) is 5.91 Å². The summed E-state index contributed by atoms with van der Waals surface area (Å²) in [5, 5.41) is 6.78. The van der Waals surface area contributed by atoms with Gasteiger partial charge < -0.3 is 9.47 Å². The number of carbonyl (C=O) groups excluding carboxylic acids is 1. The highest BCUT2D eigenvalue weighted by Crippen LogP contribution is 2.39. The summed E-state index contributed by atoms with van der Waals surface area (Å²) in [4.78, 5) is 28.9. The lowest BCUT2D eigenvalue weighted by molar-refractivity contribution is 0.0584. The Morgan fingerprint density at radius 2 is 1.85 bits per heavy atom. The topological polar surface area (TPSA) is 92.6 Å². The first-order chi connectivity index (χ1) is 19.1. The van der Waals surface area contributed by atoms with Crippen molar-refractivity contribution in [3.63, 3.8) is 0 Å². The highest BCUT2D eigenvalue weighted by atomic mass is 19.1. The second-order valence-electron chi connectivity index (χ2n) is 10.2. The Balaban J connectivity index is 1.30. The fourth-order valence-corrected chi connectivity index (χ4v) is 6.13. The van der Waals surface area contributed by atoms with Crippen LogP contribution in [0.4, 0.5) is 8.78 Å². The molecule has 7 rings (SSSR count).